The summed E-state index contributed by atoms with van der Waals surface area (Å²) >= 11 is 0. The molecule has 1 N–H and O–H groups in total. The van der Waals surface area contributed by atoms with Gasteiger partial charge in [-0.3, -0.25) is 9.69 Å². The number of anilines is 1. The summed E-state index contributed by atoms with van der Waals surface area (Å²) < 4.78 is 0. The Morgan fingerprint density at radius 1 is 1.37 bits per heavy atom. The molecule has 0 aliphatic heterocycles. The molecule has 4 heteroatoms. The number of hydrogen-bond donors (Lipinski definition) is 1. The number of likely N-dealkylation sites (N-methyl/N-ethyl adjacent to an activating group) is 1. The van der Waals surface area contributed by atoms with Crippen molar-refractivity contribution in [2.45, 2.75) is 33.7 Å². The van der Waals surface area contributed by atoms with E-state index >= 15 is 0 Å². The Balaban J connectivity index is 2.76. The topological polar surface area (TPSA) is 56.1 Å². The lowest BCUT2D eigenvalue weighted by Gasteiger charge is -2.19. The summed E-state index contributed by atoms with van der Waals surface area (Å²) in [5, 5.41) is 11.7. The van der Waals surface area contributed by atoms with E-state index in [1.807, 2.05) is 32.9 Å². The molecule has 1 amide bonds. The Morgan fingerprint density at radius 3 is 2.37 bits per heavy atom. The zero-order chi connectivity index (χ0) is 14.6. The van der Waals surface area contributed by atoms with Crippen LogP contribution in [0.25, 0.3) is 0 Å². The minimum absolute atomic E-state index is 0.0975. The molecule has 1 aromatic carbocycles. The molecule has 19 heavy (non-hydrogen) atoms. The Hall–Kier alpha value is -1.86. The standard InChI is InChI=1S/C15H21N3O/c1-10-6-11(2)15(12(3)7-10)17-14(19)9-18(5)13(4)8-16/h6-7,13H,9H2,1-5H3,(H,17,19)/t13-/m0/s1. The van der Waals surface area contributed by atoms with Crippen LogP contribution in [0.1, 0.15) is 23.6 Å². The van der Waals surface area contributed by atoms with Crippen LogP contribution in [0, 0.1) is 32.1 Å². The number of aryl methyl sites for hydroxylation is 3. The fourth-order valence-corrected chi connectivity index (χ4v) is 2.02. The summed E-state index contributed by atoms with van der Waals surface area (Å²) in [6.07, 6.45) is 0. The third-order valence-electron chi connectivity index (χ3n) is 3.18. The largest absolute Gasteiger partial charge is 0.324 e. The van der Waals surface area contributed by atoms with Gasteiger partial charge in [0.1, 0.15) is 0 Å². The average molecular weight is 259 g/mol. The van der Waals surface area contributed by atoms with Gasteiger partial charge in [-0.1, -0.05) is 17.7 Å². The second-order valence-electron chi connectivity index (χ2n) is 5.04. The molecule has 1 atom stereocenters. The smallest absolute Gasteiger partial charge is 0.238 e. The van der Waals surface area contributed by atoms with Crippen molar-refractivity contribution in [3.05, 3.63) is 28.8 Å². The van der Waals surface area contributed by atoms with Gasteiger partial charge >= 0.3 is 0 Å². The van der Waals surface area contributed by atoms with Crippen LogP contribution in [-0.4, -0.2) is 30.4 Å². The van der Waals surface area contributed by atoms with Crippen LogP contribution < -0.4 is 5.32 Å². The van der Waals surface area contributed by atoms with Gasteiger partial charge in [-0.2, -0.15) is 5.26 Å². The fraction of sp³-hybridized carbons (Fsp3) is 0.467. The van der Waals surface area contributed by atoms with Crippen molar-refractivity contribution in [3.8, 4) is 6.07 Å². The summed E-state index contributed by atoms with van der Waals surface area (Å²) in [4.78, 5) is 13.7. The fourth-order valence-electron chi connectivity index (χ4n) is 2.02. The summed E-state index contributed by atoms with van der Waals surface area (Å²) in [5.74, 6) is -0.0975. The van der Waals surface area contributed by atoms with E-state index in [4.69, 9.17) is 5.26 Å². The SMILES string of the molecule is Cc1cc(C)c(NC(=O)CN(C)[C@@H](C)C#N)c(C)c1. The maximum atomic E-state index is 12.0. The number of hydrogen-bond acceptors (Lipinski definition) is 3. The minimum Gasteiger partial charge on any atom is -0.324 e. The first kappa shape index (κ1) is 15.2. The molecule has 0 unspecified atom stereocenters. The van der Waals surface area contributed by atoms with Crippen molar-refractivity contribution in [1.29, 1.82) is 5.26 Å². The monoisotopic (exact) mass is 259 g/mol. The van der Waals surface area contributed by atoms with Crippen molar-refractivity contribution in [1.82, 2.24) is 4.90 Å². The van der Waals surface area contributed by atoms with Gasteiger partial charge < -0.3 is 5.32 Å². The molecular weight excluding hydrogens is 238 g/mol. The van der Waals surface area contributed by atoms with Crippen LogP contribution in [0.2, 0.25) is 0 Å². The second-order valence-corrected chi connectivity index (χ2v) is 5.04. The zero-order valence-electron chi connectivity index (χ0n) is 12.2. The molecule has 0 heterocycles. The minimum atomic E-state index is -0.272. The summed E-state index contributed by atoms with van der Waals surface area (Å²) in [5.41, 5.74) is 4.17. The summed E-state index contributed by atoms with van der Waals surface area (Å²) in [6, 6.07) is 5.93. The Kier molecular flexibility index (Phi) is 5.08. The maximum Gasteiger partial charge on any atom is 0.238 e. The zero-order valence-corrected chi connectivity index (χ0v) is 12.2. The Morgan fingerprint density at radius 2 is 1.89 bits per heavy atom. The van der Waals surface area contributed by atoms with E-state index in [-0.39, 0.29) is 18.5 Å². The number of amides is 1. The molecular formula is C15H21N3O. The highest BCUT2D eigenvalue weighted by Gasteiger charge is 2.14. The van der Waals surface area contributed by atoms with Crippen molar-refractivity contribution in [2.24, 2.45) is 0 Å². The van der Waals surface area contributed by atoms with Gasteiger partial charge in [0.05, 0.1) is 18.7 Å². The van der Waals surface area contributed by atoms with Crippen molar-refractivity contribution in [3.63, 3.8) is 0 Å². The van der Waals surface area contributed by atoms with Crippen molar-refractivity contribution in [2.75, 3.05) is 18.9 Å². The van der Waals surface area contributed by atoms with Gasteiger partial charge in [0.15, 0.2) is 0 Å². The lowest BCUT2D eigenvalue weighted by molar-refractivity contribution is -0.117. The molecule has 0 bridgehead atoms. The van der Waals surface area contributed by atoms with Gasteiger partial charge in [-0.25, -0.2) is 0 Å². The van der Waals surface area contributed by atoms with E-state index in [2.05, 4.69) is 11.4 Å². The van der Waals surface area contributed by atoms with E-state index in [1.54, 1.807) is 18.9 Å². The highest BCUT2D eigenvalue weighted by atomic mass is 16.2. The second kappa shape index (κ2) is 6.35. The third kappa shape index (κ3) is 4.08. The molecule has 0 aliphatic rings. The van der Waals surface area contributed by atoms with E-state index in [0.29, 0.717) is 0 Å². The average Bonchev–Trinajstić information content (AvgIpc) is 2.32. The predicted molar refractivity (Wildman–Crippen MR) is 77.0 cm³/mol. The first-order valence-electron chi connectivity index (χ1n) is 6.32. The van der Waals surface area contributed by atoms with E-state index in [0.717, 1.165) is 16.8 Å². The van der Waals surface area contributed by atoms with E-state index in [1.165, 1.54) is 5.56 Å². The van der Waals surface area contributed by atoms with E-state index < -0.39 is 0 Å². The Bertz CT molecular complexity index is 494. The highest BCUT2D eigenvalue weighted by molar-refractivity contribution is 5.93. The van der Waals surface area contributed by atoms with Crippen molar-refractivity contribution >= 4 is 11.6 Å². The van der Waals surface area contributed by atoms with Gasteiger partial charge in [-0.15, -0.1) is 0 Å². The molecule has 0 aliphatic carbocycles. The predicted octanol–water partition coefficient (Wildman–Crippen LogP) is 2.39. The number of nitrogens with one attached hydrogen (secondary N) is 1. The quantitative estimate of drug-likeness (QED) is 0.903. The van der Waals surface area contributed by atoms with Crippen molar-refractivity contribution < 1.29 is 4.79 Å². The van der Waals surface area contributed by atoms with Gasteiger partial charge in [0, 0.05) is 5.69 Å². The van der Waals surface area contributed by atoms with Crippen LogP contribution in [-0.2, 0) is 4.79 Å². The normalized spacial score (nSPS) is 12.1. The molecule has 0 spiro atoms. The number of nitriles is 1. The molecule has 0 radical (unpaired) electrons. The lowest BCUT2D eigenvalue weighted by atomic mass is 10.1. The molecule has 0 saturated carbocycles. The van der Waals surface area contributed by atoms with Gasteiger partial charge in [0.25, 0.3) is 0 Å². The third-order valence-corrected chi connectivity index (χ3v) is 3.18. The molecule has 102 valence electrons. The first-order chi connectivity index (χ1) is 8.85. The molecule has 1 rings (SSSR count). The van der Waals surface area contributed by atoms with Crippen LogP contribution >= 0.6 is 0 Å². The number of nitrogens with zero attached hydrogens (tertiary/aromatic N) is 2. The van der Waals surface area contributed by atoms with Gasteiger partial charge in [-0.05, 0) is 45.9 Å². The molecule has 0 aromatic heterocycles. The molecule has 4 nitrogen and oxygen atoms in total. The van der Waals surface area contributed by atoms with Crippen LogP contribution in [0.15, 0.2) is 12.1 Å². The van der Waals surface area contributed by atoms with Crippen LogP contribution in [0.4, 0.5) is 5.69 Å². The summed E-state index contributed by atoms with van der Waals surface area (Å²) in [6.45, 7) is 7.99. The first-order valence-corrected chi connectivity index (χ1v) is 6.32. The molecule has 0 saturated heterocycles. The van der Waals surface area contributed by atoms with Gasteiger partial charge in [0.2, 0.25) is 5.91 Å². The van der Waals surface area contributed by atoms with Crippen LogP contribution in [0.5, 0.6) is 0 Å². The Labute approximate surface area is 115 Å². The summed E-state index contributed by atoms with van der Waals surface area (Å²) in [7, 11) is 1.77. The van der Waals surface area contributed by atoms with E-state index in [9.17, 15) is 4.79 Å². The maximum absolute atomic E-state index is 12.0. The number of benzene rings is 1. The highest BCUT2D eigenvalue weighted by Crippen LogP contribution is 2.21. The number of carbonyl (C=O) groups excluding carboxylic acids is 1. The molecule has 0 fully saturated rings. The van der Waals surface area contributed by atoms with Crippen LogP contribution in [0.3, 0.4) is 0 Å². The lowest BCUT2D eigenvalue weighted by Crippen LogP contribution is -2.35. The number of rotatable bonds is 4. The molecule has 1 aromatic rings. The number of carbonyl (C=O) groups is 1.